The molecule has 2 rings (SSSR count). The minimum Gasteiger partial charge on any atom is -0.0922 e. The molecule has 0 nitrogen and oxygen atoms in total. The van der Waals surface area contributed by atoms with E-state index in [1.165, 1.54) is 24.8 Å². The van der Waals surface area contributed by atoms with E-state index in [2.05, 4.69) is 60.1 Å². The van der Waals surface area contributed by atoms with Gasteiger partial charge in [0.2, 0.25) is 0 Å². The van der Waals surface area contributed by atoms with Gasteiger partial charge in [-0.25, -0.2) is 0 Å². The Morgan fingerprint density at radius 1 is 1.31 bits per heavy atom. The lowest BCUT2D eigenvalue weighted by Crippen LogP contribution is -2.21. The minimum atomic E-state index is 0.495. The second-order valence-electron chi connectivity index (χ2n) is 5.40. The average molecular weight is 281 g/mol. The maximum Gasteiger partial charge on any atom is 0.00881 e. The fourth-order valence-corrected chi connectivity index (χ4v) is 3.65. The number of alkyl halides is 1. The SMILES string of the molecule is CCCC(C)(CBr)C1CC1c1ccccc1. The quantitative estimate of drug-likeness (QED) is 0.667. The lowest BCUT2D eigenvalue weighted by Gasteiger charge is -2.27. The first kappa shape index (κ1) is 12.2. The molecule has 1 saturated carbocycles. The Hall–Kier alpha value is -0.300. The highest BCUT2D eigenvalue weighted by atomic mass is 79.9. The first-order chi connectivity index (χ1) is 7.71. The molecule has 0 N–H and O–H groups in total. The molecule has 0 bridgehead atoms. The maximum absolute atomic E-state index is 3.71. The molecule has 0 aromatic heterocycles. The Morgan fingerprint density at radius 2 is 2.00 bits per heavy atom. The minimum absolute atomic E-state index is 0.495. The second-order valence-corrected chi connectivity index (χ2v) is 5.96. The van der Waals surface area contributed by atoms with Crippen molar-refractivity contribution in [3.05, 3.63) is 35.9 Å². The van der Waals surface area contributed by atoms with Crippen molar-refractivity contribution in [3.8, 4) is 0 Å². The van der Waals surface area contributed by atoms with E-state index in [1.807, 2.05) is 0 Å². The van der Waals surface area contributed by atoms with Gasteiger partial charge in [-0.3, -0.25) is 0 Å². The van der Waals surface area contributed by atoms with Crippen molar-refractivity contribution in [2.45, 2.75) is 39.0 Å². The van der Waals surface area contributed by atoms with Gasteiger partial charge in [0.1, 0.15) is 0 Å². The summed E-state index contributed by atoms with van der Waals surface area (Å²) in [4.78, 5) is 0. The van der Waals surface area contributed by atoms with Crippen LogP contribution in [0.15, 0.2) is 30.3 Å². The van der Waals surface area contributed by atoms with E-state index in [0.717, 1.165) is 17.2 Å². The van der Waals surface area contributed by atoms with Crippen LogP contribution in [-0.4, -0.2) is 5.33 Å². The molecular formula is C15H21Br. The molecule has 1 aromatic rings. The zero-order valence-corrected chi connectivity index (χ0v) is 11.8. The summed E-state index contributed by atoms with van der Waals surface area (Å²) >= 11 is 3.71. The van der Waals surface area contributed by atoms with Crippen LogP contribution in [0.5, 0.6) is 0 Å². The first-order valence-electron chi connectivity index (χ1n) is 6.32. The normalized spacial score (nSPS) is 27.4. The molecule has 3 atom stereocenters. The number of benzene rings is 1. The van der Waals surface area contributed by atoms with Gasteiger partial charge in [-0.05, 0) is 35.7 Å². The van der Waals surface area contributed by atoms with Crippen LogP contribution < -0.4 is 0 Å². The number of rotatable bonds is 5. The molecular weight excluding hydrogens is 260 g/mol. The number of halogens is 1. The summed E-state index contributed by atoms with van der Waals surface area (Å²) in [5, 5.41) is 1.14. The zero-order chi connectivity index (χ0) is 11.6. The van der Waals surface area contributed by atoms with Crippen molar-refractivity contribution < 1.29 is 0 Å². The van der Waals surface area contributed by atoms with Gasteiger partial charge in [0, 0.05) is 5.33 Å². The monoisotopic (exact) mass is 280 g/mol. The number of hydrogen-bond acceptors (Lipinski definition) is 0. The molecule has 1 aliphatic carbocycles. The van der Waals surface area contributed by atoms with Crippen molar-refractivity contribution in [1.82, 2.24) is 0 Å². The van der Waals surface area contributed by atoms with E-state index in [1.54, 1.807) is 0 Å². The molecule has 16 heavy (non-hydrogen) atoms. The van der Waals surface area contributed by atoms with Crippen LogP contribution in [0.4, 0.5) is 0 Å². The highest BCUT2D eigenvalue weighted by Crippen LogP contribution is 2.59. The summed E-state index contributed by atoms with van der Waals surface area (Å²) < 4.78 is 0. The lowest BCUT2D eigenvalue weighted by molar-refractivity contribution is 0.285. The average Bonchev–Trinajstić information content (AvgIpc) is 3.11. The van der Waals surface area contributed by atoms with Crippen molar-refractivity contribution in [3.63, 3.8) is 0 Å². The molecule has 0 amide bonds. The highest BCUT2D eigenvalue weighted by molar-refractivity contribution is 9.09. The summed E-state index contributed by atoms with van der Waals surface area (Å²) in [5.41, 5.74) is 2.03. The van der Waals surface area contributed by atoms with Crippen molar-refractivity contribution in [1.29, 1.82) is 0 Å². The summed E-state index contributed by atoms with van der Waals surface area (Å²) in [6, 6.07) is 11.0. The maximum atomic E-state index is 3.71. The van der Waals surface area contributed by atoms with Crippen molar-refractivity contribution in [2.24, 2.45) is 11.3 Å². The zero-order valence-electron chi connectivity index (χ0n) is 10.2. The molecule has 0 heterocycles. The van der Waals surface area contributed by atoms with Gasteiger partial charge in [-0.15, -0.1) is 0 Å². The second kappa shape index (κ2) is 4.91. The summed E-state index contributed by atoms with van der Waals surface area (Å²) in [6.45, 7) is 4.74. The third kappa shape index (κ3) is 2.34. The standard InChI is InChI=1S/C15H21Br/c1-3-9-15(2,11-16)14-10-13(14)12-7-5-4-6-8-12/h4-8,13-14H,3,9-11H2,1-2H3. The molecule has 0 radical (unpaired) electrons. The van der Waals surface area contributed by atoms with E-state index in [-0.39, 0.29) is 0 Å². The van der Waals surface area contributed by atoms with Gasteiger partial charge in [0.15, 0.2) is 0 Å². The van der Waals surface area contributed by atoms with Crippen molar-refractivity contribution in [2.75, 3.05) is 5.33 Å². The molecule has 1 aromatic carbocycles. The van der Waals surface area contributed by atoms with Crippen LogP contribution in [0, 0.1) is 11.3 Å². The summed E-state index contributed by atoms with van der Waals surface area (Å²) in [6.07, 6.45) is 4.01. The molecule has 0 spiro atoms. The Morgan fingerprint density at radius 3 is 2.56 bits per heavy atom. The third-order valence-electron chi connectivity index (χ3n) is 4.04. The molecule has 1 aliphatic rings. The topological polar surface area (TPSA) is 0 Å². The van der Waals surface area contributed by atoms with Crippen LogP contribution in [0.25, 0.3) is 0 Å². The Balaban J connectivity index is 2.05. The van der Waals surface area contributed by atoms with E-state index < -0.39 is 0 Å². The van der Waals surface area contributed by atoms with Gasteiger partial charge in [-0.2, -0.15) is 0 Å². The van der Waals surface area contributed by atoms with Gasteiger partial charge >= 0.3 is 0 Å². The summed E-state index contributed by atoms with van der Waals surface area (Å²) in [5.74, 6) is 1.70. The molecule has 88 valence electrons. The van der Waals surface area contributed by atoms with E-state index >= 15 is 0 Å². The molecule has 1 fully saturated rings. The van der Waals surface area contributed by atoms with Crippen LogP contribution in [-0.2, 0) is 0 Å². The van der Waals surface area contributed by atoms with Crippen LogP contribution in [0.2, 0.25) is 0 Å². The van der Waals surface area contributed by atoms with Crippen LogP contribution in [0.1, 0.15) is 44.6 Å². The Kier molecular flexibility index (Phi) is 3.73. The first-order valence-corrected chi connectivity index (χ1v) is 7.44. The van der Waals surface area contributed by atoms with E-state index in [9.17, 15) is 0 Å². The molecule has 1 heteroatoms. The molecule has 3 unspecified atom stereocenters. The van der Waals surface area contributed by atoms with Gasteiger partial charge in [-0.1, -0.05) is 66.5 Å². The Bertz CT molecular complexity index is 333. The van der Waals surface area contributed by atoms with Gasteiger partial charge in [0.25, 0.3) is 0 Å². The van der Waals surface area contributed by atoms with E-state index in [4.69, 9.17) is 0 Å². The number of hydrogen-bond donors (Lipinski definition) is 0. The highest BCUT2D eigenvalue weighted by Gasteiger charge is 2.49. The molecule has 0 aliphatic heterocycles. The Labute approximate surface area is 108 Å². The predicted octanol–water partition coefficient (Wildman–Crippen LogP) is 4.99. The van der Waals surface area contributed by atoms with E-state index in [0.29, 0.717) is 5.41 Å². The van der Waals surface area contributed by atoms with Crippen LogP contribution >= 0.6 is 15.9 Å². The largest absolute Gasteiger partial charge is 0.0922 e. The lowest BCUT2D eigenvalue weighted by atomic mass is 9.81. The fourth-order valence-electron chi connectivity index (χ4n) is 2.96. The van der Waals surface area contributed by atoms with Gasteiger partial charge in [0.05, 0.1) is 0 Å². The summed E-state index contributed by atoms with van der Waals surface area (Å²) in [7, 11) is 0. The third-order valence-corrected chi connectivity index (χ3v) is 5.32. The molecule has 0 saturated heterocycles. The smallest absolute Gasteiger partial charge is 0.00881 e. The van der Waals surface area contributed by atoms with Gasteiger partial charge < -0.3 is 0 Å². The van der Waals surface area contributed by atoms with Crippen LogP contribution in [0.3, 0.4) is 0 Å². The van der Waals surface area contributed by atoms with Crippen molar-refractivity contribution >= 4 is 15.9 Å². The predicted molar refractivity (Wildman–Crippen MR) is 74.1 cm³/mol. The fraction of sp³-hybridized carbons (Fsp3) is 0.600.